The first-order valence-corrected chi connectivity index (χ1v) is 9.15. The summed E-state index contributed by atoms with van der Waals surface area (Å²) in [6.07, 6.45) is 2.97. The molecule has 2 aromatic carbocycles. The minimum atomic E-state index is -0.651. The highest BCUT2D eigenvalue weighted by molar-refractivity contribution is 6.50. The number of nitrogens with zero attached hydrogens (tertiary/aromatic N) is 2. The van der Waals surface area contributed by atoms with Crippen molar-refractivity contribution in [1.82, 2.24) is 4.57 Å². The third-order valence-corrected chi connectivity index (χ3v) is 4.71. The molecule has 0 aliphatic rings. The molecule has 0 bridgehead atoms. The maximum Gasteiger partial charge on any atom is 0.348 e. The molecule has 0 aliphatic heterocycles. The normalized spacial score (nSPS) is 12.4. The summed E-state index contributed by atoms with van der Waals surface area (Å²) in [5, 5.41) is 11.9. The van der Waals surface area contributed by atoms with Crippen molar-refractivity contribution < 1.29 is 9.53 Å². The average Bonchev–Trinajstić information content (AvgIpc) is 3.02. The second-order valence-corrected chi connectivity index (χ2v) is 6.30. The number of aryl methyl sites for hydroxylation is 1. The van der Waals surface area contributed by atoms with Crippen LogP contribution in [0.2, 0.25) is 0 Å². The van der Waals surface area contributed by atoms with E-state index in [-0.39, 0.29) is 12.2 Å². The van der Waals surface area contributed by atoms with Crippen LogP contribution in [-0.4, -0.2) is 17.1 Å². The van der Waals surface area contributed by atoms with E-state index in [0.29, 0.717) is 5.03 Å². The standard InChI is InChI=1S/C22H19ClN2O2/c1-3-25-20-11-6-5-8-16(20)17-9-7-10-18(21(17)25)19(23)13-12-15(14-24)22(26)27-4-2/h5-13H,3-4H2,1-2H3/b15-12+,19-13-. The number of esters is 1. The molecule has 3 aromatic rings. The van der Waals surface area contributed by atoms with Crippen molar-refractivity contribution in [3.05, 3.63) is 65.8 Å². The number of nitriles is 1. The Morgan fingerprint density at radius 1 is 1.15 bits per heavy atom. The van der Waals surface area contributed by atoms with E-state index < -0.39 is 5.97 Å². The van der Waals surface area contributed by atoms with E-state index in [1.807, 2.05) is 30.3 Å². The van der Waals surface area contributed by atoms with Gasteiger partial charge < -0.3 is 9.30 Å². The Morgan fingerprint density at radius 2 is 1.89 bits per heavy atom. The fourth-order valence-corrected chi connectivity index (χ4v) is 3.45. The van der Waals surface area contributed by atoms with Gasteiger partial charge in [-0.05, 0) is 32.1 Å². The third kappa shape index (κ3) is 3.47. The zero-order valence-corrected chi connectivity index (χ0v) is 16.0. The highest BCUT2D eigenvalue weighted by atomic mass is 35.5. The van der Waals surface area contributed by atoms with E-state index in [0.717, 1.165) is 28.5 Å². The molecular formula is C22H19ClN2O2. The third-order valence-electron chi connectivity index (χ3n) is 4.38. The van der Waals surface area contributed by atoms with Crippen LogP contribution in [0.15, 0.2) is 60.2 Å². The molecule has 4 nitrogen and oxygen atoms in total. The molecule has 0 saturated carbocycles. The van der Waals surface area contributed by atoms with Crippen LogP contribution in [0.4, 0.5) is 0 Å². The molecule has 136 valence electrons. The Hall–Kier alpha value is -3.03. The number of allylic oxidation sites excluding steroid dienone is 2. The molecule has 0 amide bonds. The van der Waals surface area contributed by atoms with Gasteiger partial charge in [-0.2, -0.15) is 5.26 Å². The van der Waals surface area contributed by atoms with Gasteiger partial charge in [-0.1, -0.05) is 48.0 Å². The Morgan fingerprint density at radius 3 is 2.59 bits per heavy atom. The fourth-order valence-electron chi connectivity index (χ4n) is 3.24. The van der Waals surface area contributed by atoms with Gasteiger partial charge in [0.1, 0.15) is 11.6 Å². The molecule has 0 radical (unpaired) electrons. The largest absolute Gasteiger partial charge is 0.462 e. The summed E-state index contributed by atoms with van der Waals surface area (Å²) in [5.41, 5.74) is 2.94. The lowest BCUT2D eigenvalue weighted by atomic mass is 10.1. The summed E-state index contributed by atoms with van der Waals surface area (Å²) < 4.78 is 7.09. The molecule has 0 N–H and O–H groups in total. The van der Waals surface area contributed by atoms with Gasteiger partial charge in [-0.15, -0.1) is 0 Å². The second-order valence-electron chi connectivity index (χ2n) is 5.89. The second kappa shape index (κ2) is 8.11. The number of aromatic nitrogens is 1. The highest BCUT2D eigenvalue weighted by Gasteiger charge is 2.14. The first-order valence-electron chi connectivity index (χ1n) is 8.77. The van der Waals surface area contributed by atoms with E-state index in [1.54, 1.807) is 13.0 Å². The van der Waals surface area contributed by atoms with Crippen LogP contribution < -0.4 is 0 Å². The maximum absolute atomic E-state index is 11.8. The molecule has 0 atom stereocenters. The van der Waals surface area contributed by atoms with Gasteiger partial charge in [-0.3, -0.25) is 0 Å². The first-order chi connectivity index (χ1) is 13.1. The van der Waals surface area contributed by atoms with Crippen molar-refractivity contribution in [3.8, 4) is 6.07 Å². The van der Waals surface area contributed by atoms with E-state index in [4.69, 9.17) is 21.6 Å². The number of hydrogen-bond acceptors (Lipinski definition) is 3. The SMILES string of the molecule is CCOC(=O)/C(C#N)=C/C=C(\Cl)c1cccc2c3ccccc3n(CC)c12. The monoisotopic (exact) mass is 378 g/mol. The van der Waals surface area contributed by atoms with Crippen LogP contribution in [0.3, 0.4) is 0 Å². The zero-order chi connectivity index (χ0) is 19.4. The van der Waals surface area contributed by atoms with Crippen LogP contribution in [-0.2, 0) is 16.1 Å². The van der Waals surface area contributed by atoms with Gasteiger partial charge in [-0.25, -0.2) is 4.79 Å². The predicted octanol–water partition coefficient (Wildman–Crippen LogP) is 5.41. The Labute approximate surface area is 162 Å². The Balaban J connectivity index is 2.17. The van der Waals surface area contributed by atoms with Crippen molar-refractivity contribution in [2.75, 3.05) is 6.61 Å². The summed E-state index contributed by atoms with van der Waals surface area (Å²) in [6, 6.07) is 16.1. The molecule has 1 aromatic heterocycles. The van der Waals surface area contributed by atoms with Crippen molar-refractivity contribution in [3.63, 3.8) is 0 Å². The maximum atomic E-state index is 11.8. The molecule has 27 heavy (non-hydrogen) atoms. The number of carbonyl (C=O) groups is 1. The average molecular weight is 379 g/mol. The van der Waals surface area contributed by atoms with Crippen LogP contribution in [0.25, 0.3) is 26.8 Å². The lowest BCUT2D eigenvalue weighted by molar-refractivity contribution is -0.138. The highest BCUT2D eigenvalue weighted by Crippen LogP contribution is 2.35. The molecule has 1 heterocycles. The van der Waals surface area contributed by atoms with E-state index >= 15 is 0 Å². The molecule has 0 fully saturated rings. The number of para-hydroxylation sites is 2. The fraction of sp³-hybridized carbons (Fsp3) is 0.182. The molecule has 0 aliphatic carbocycles. The van der Waals surface area contributed by atoms with E-state index in [2.05, 4.69) is 29.7 Å². The number of rotatable bonds is 5. The number of hydrogen-bond donors (Lipinski definition) is 0. The Bertz CT molecular complexity index is 1120. The van der Waals surface area contributed by atoms with Crippen LogP contribution in [0.1, 0.15) is 19.4 Å². The quantitative estimate of drug-likeness (QED) is 0.258. The molecule has 0 saturated heterocycles. The predicted molar refractivity (Wildman–Crippen MR) is 109 cm³/mol. The van der Waals surface area contributed by atoms with E-state index in [1.165, 1.54) is 11.5 Å². The first kappa shape index (κ1) is 18.8. The van der Waals surface area contributed by atoms with Gasteiger partial charge in [0.2, 0.25) is 0 Å². The van der Waals surface area contributed by atoms with E-state index in [9.17, 15) is 4.79 Å². The lowest BCUT2D eigenvalue weighted by Gasteiger charge is -2.08. The zero-order valence-electron chi connectivity index (χ0n) is 15.2. The molecule has 0 unspecified atom stereocenters. The number of halogens is 1. The molecule has 0 spiro atoms. The number of benzene rings is 2. The van der Waals surface area contributed by atoms with Crippen molar-refractivity contribution in [1.29, 1.82) is 5.26 Å². The number of ether oxygens (including phenoxy) is 1. The molecule has 5 heteroatoms. The topological polar surface area (TPSA) is 55.0 Å². The van der Waals surface area contributed by atoms with Crippen molar-refractivity contribution in [2.45, 2.75) is 20.4 Å². The van der Waals surface area contributed by atoms with Crippen molar-refractivity contribution in [2.24, 2.45) is 0 Å². The summed E-state index contributed by atoms with van der Waals surface area (Å²) in [7, 11) is 0. The molecule has 3 rings (SSSR count). The van der Waals surface area contributed by atoms with Gasteiger partial charge in [0.05, 0.1) is 12.1 Å². The molecular weight excluding hydrogens is 360 g/mol. The minimum Gasteiger partial charge on any atom is -0.462 e. The summed E-state index contributed by atoms with van der Waals surface area (Å²) >= 11 is 6.57. The summed E-state index contributed by atoms with van der Waals surface area (Å²) in [5.74, 6) is -0.651. The van der Waals surface area contributed by atoms with Gasteiger partial charge in [0.25, 0.3) is 0 Å². The lowest BCUT2D eigenvalue weighted by Crippen LogP contribution is -2.05. The van der Waals surface area contributed by atoms with Crippen molar-refractivity contribution >= 4 is 44.4 Å². The number of fused-ring (bicyclic) bond motifs is 3. The van der Waals surface area contributed by atoms with Crippen LogP contribution in [0, 0.1) is 11.3 Å². The van der Waals surface area contributed by atoms with Crippen LogP contribution in [0.5, 0.6) is 0 Å². The van der Waals surface area contributed by atoms with Crippen LogP contribution >= 0.6 is 11.6 Å². The van der Waals surface area contributed by atoms with Gasteiger partial charge in [0, 0.05) is 33.4 Å². The minimum absolute atomic E-state index is 0.0850. The van der Waals surface area contributed by atoms with Gasteiger partial charge >= 0.3 is 5.97 Å². The summed E-state index contributed by atoms with van der Waals surface area (Å²) in [4.78, 5) is 11.8. The number of carbonyl (C=O) groups excluding carboxylic acids is 1. The Kier molecular flexibility index (Phi) is 5.63. The smallest absolute Gasteiger partial charge is 0.348 e. The summed E-state index contributed by atoms with van der Waals surface area (Å²) in [6.45, 7) is 4.80. The van der Waals surface area contributed by atoms with Gasteiger partial charge in [0.15, 0.2) is 0 Å².